The van der Waals surface area contributed by atoms with Crippen molar-refractivity contribution in [2.75, 3.05) is 0 Å². The van der Waals surface area contributed by atoms with E-state index in [4.69, 9.17) is 4.74 Å². The van der Waals surface area contributed by atoms with Gasteiger partial charge in [0.05, 0.1) is 0 Å². The normalized spacial score (nSPS) is 10.1. The van der Waals surface area contributed by atoms with E-state index in [1.165, 1.54) is 9.17 Å². The van der Waals surface area contributed by atoms with Crippen LogP contribution in [-0.4, -0.2) is 20.9 Å². The average molecular weight is 326 g/mol. The van der Waals surface area contributed by atoms with Gasteiger partial charge in [-0.25, -0.2) is 0 Å². The van der Waals surface area contributed by atoms with Crippen molar-refractivity contribution in [1.82, 2.24) is 0 Å². The van der Waals surface area contributed by atoms with Crippen LogP contribution in [0.4, 0.5) is 0 Å². The summed E-state index contributed by atoms with van der Waals surface area (Å²) < 4.78 is 7.21. The van der Waals surface area contributed by atoms with E-state index in [1.807, 2.05) is 24.3 Å². The first kappa shape index (κ1) is 11.5. The monoisotopic (exact) mass is 328 g/mol. The maximum atomic E-state index is 5.75. The molecule has 0 heterocycles. The quantitative estimate of drug-likeness (QED) is 0.788. The molecular formula is C14H14OTe. The number of hydrogen-bond donors (Lipinski definition) is 0. The Morgan fingerprint density at radius 1 is 0.812 bits per heavy atom. The summed E-state index contributed by atoms with van der Waals surface area (Å²) >= 11 is 0.0153. The van der Waals surface area contributed by atoms with Crippen molar-refractivity contribution in [2.24, 2.45) is 0 Å². The third-order valence-electron chi connectivity index (χ3n) is 2.32. The molecule has 1 nitrogen and oxygen atoms in total. The molecule has 0 spiro atoms. The van der Waals surface area contributed by atoms with Gasteiger partial charge in [0, 0.05) is 0 Å². The number of ether oxygens (including phenoxy) is 1. The van der Waals surface area contributed by atoms with E-state index >= 15 is 0 Å². The molecule has 0 N–H and O–H groups in total. The molecule has 0 atom stereocenters. The van der Waals surface area contributed by atoms with Crippen molar-refractivity contribution in [3.05, 3.63) is 54.1 Å². The predicted octanol–water partition coefficient (Wildman–Crippen LogP) is 3.16. The minimum absolute atomic E-state index is 0.0153. The Morgan fingerprint density at radius 2 is 1.31 bits per heavy atom. The second-order valence-corrected chi connectivity index (χ2v) is 6.10. The third-order valence-corrected chi connectivity index (χ3v) is 4.44. The molecule has 2 heteroatoms. The first-order valence-corrected chi connectivity index (χ1v) is 8.66. The Bertz CT molecular complexity index is 445. The topological polar surface area (TPSA) is 9.23 Å². The molecule has 0 bridgehead atoms. The van der Waals surface area contributed by atoms with Gasteiger partial charge in [-0.15, -0.1) is 0 Å². The van der Waals surface area contributed by atoms with E-state index in [-0.39, 0.29) is 20.9 Å². The second-order valence-electron chi connectivity index (χ2n) is 3.59. The molecule has 2 aromatic carbocycles. The third kappa shape index (κ3) is 3.01. The summed E-state index contributed by atoms with van der Waals surface area (Å²) in [5.41, 5.74) is 1.25. The van der Waals surface area contributed by atoms with Gasteiger partial charge in [0.15, 0.2) is 0 Å². The summed E-state index contributed by atoms with van der Waals surface area (Å²) in [6.07, 6.45) is 0. The van der Waals surface area contributed by atoms with E-state index in [9.17, 15) is 0 Å². The van der Waals surface area contributed by atoms with Crippen LogP contribution >= 0.6 is 0 Å². The van der Waals surface area contributed by atoms with Crippen LogP contribution in [0.2, 0.25) is 4.97 Å². The average Bonchev–Trinajstić information content (AvgIpc) is 2.33. The predicted molar refractivity (Wildman–Crippen MR) is 68.9 cm³/mol. The van der Waals surface area contributed by atoms with Gasteiger partial charge in [-0.1, -0.05) is 0 Å². The fourth-order valence-electron chi connectivity index (χ4n) is 1.39. The molecule has 0 aliphatic rings. The van der Waals surface area contributed by atoms with Crippen molar-refractivity contribution < 1.29 is 4.74 Å². The van der Waals surface area contributed by atoms with E-state index in [0.717, 1.165) is 11.5 Å². The Morgan fingerprint density at radius 3 is 1.81 bits per heavy atom. The van der Waals surface area contributed by atoms with Crippen LogP contribution < -0.4 is 8.35 Å². The molecule has 0 unspecified atom stereocenters. The Labute approximate surface area is 107 Å². The number of rotatable bonds is 3. The van der Waals surface area contributed by atoms with Crippen molar-refractivity contribution >= 4 is 24.5 Å². The molecule has 16 heavy (non-hydrogen) atoms. The summed E-state index contributed by atoms with van der Waals surface area (Å²) in [7, 11) is 0. The van der Waals surface area contributed by atoms with Crippen LogP contribution in [-0.2, 0) is 0 Å². The van der Waals surface area contributed by atoms with E-state index in [1.54, 1.807) is 0 Å². The molecule has 2 aromatic rings. The maximum absolute atomic E-state index is 5.75. The standard InChI is InChI=1S/C14H14OTe/c1-11-3-5-12(6-4-11)15-13-7-9-14(16-2)10-8-13/h3-10H,1-2H3. The summed E-state index contributed by atoms with van der Waals surface area (Å²) in [4.78, 5) is 2.28. The van der Waals surface area contributed by atoms with Crippen LogP contribution in [0.15, 0.2) is 48.5 Å². The molecule has 0 saturated heterocycles. The molecule has 0 radical (unpaired) electrons. The Balaban J connectivity index is 2.11. The molecule has 0 amide bonds. The van der Waals surface area contributed by atoms with Gasteiger partial charge in [-0.05, 0) is 0 Å². The van der Waals surface area contributed by atoms with E-state index < -0.39 is 0 Å². The van der Waals surface area contributed by atoms with Gasteiger partial charge < -0.3 is 0 Å². The van der Waals surface area contributed by atoms with Gasteiger partial charge in [0.2, 0.25) is 0 Å². The zero-order chi connectivity index (χ0) is 11.4. The van der Waals surface area contributed by atoms with E-state index in [2.05, 4.69) is 36.2 Å². The van der Waals surface area contributed by atoms with Gasteiger partial charge in [0.1, 0.15) is 0 Å². The zero-order valence-corrected chi connectivity index (χ0v) is 11.8. The molecule has 2 rings (SSSR count). The SMILES string of the molecule is C[Te]c1ccc(Oc2ccc(C)cc2)cc1. The van der Waals surface area contributed by atoms with Gasteiger partial charge in [0.25, 0.3) is 0 Å². The van der Waals surface area contributed by atoms with Crippen molar-refractivity contribution in [1.29, 1.82) is 0 Å². The number of benzene rings is 2. The molecule has 0 aromatic heterocycles. The van der Waals surface area contributed by atoms with Crippen LogP contribution in [0.3, 0.4) is 0 Å². The molecule has 0 aliphatic carbocycles. The molecule has 82 valence electrons. The van der Waals surface area contributed by atoms with Gasteiger partial charge in [-0.3, -0.25) is 0 Å². The fraction of sp³-hybridized carbons (Fsp3) is 0.143. The second kappa shape index (κ2) is 5.39. The van der Waals surface area contributed by atoms with Gasteiger partial charge in [-0.2, -0.15) is 0 Å². The van der Waals surface area contributed by atoms with Gasteiger partial charge >= 0.3 is 107 Å². The molecule has 0 saturated carbocycles. The van der Waals surface area contributed by atoms with Crippen LogP contribution in [0, 0.1) is 6.92 Å². The fourth-order valence-corrected chi connectivity index (χ4v) is 2.55. The summed E-state index contributed by atoms with van der Waals surface area (Å²) in [6, 6.07) is 16.5. The summed E-state index contributed by atoms with van der Waals surface area (Å²) in [6.45, 7) is 2.07. The van der Waals surface area contributed by atoms with Crippen molar-refractivity contribution in [2.45, 2.75) is 11.9 Å². The first-order valence-electron chi connectivity index (χ1n) is 5.16. The first-order chi connectivity index (χ1) is 7.78. The molecule has 0 aliphatic heterocycles. The Kier molecular flexibility index (Phi) is 3.88. The minimum atomic E-state index is 0.0153. The summed E-state index contributed by atoms with van der Waals surface area (Å²) in [5.74, 6) is 1.81. The van der Waals surface area contributed by atoms with Crippen LogP contribution in [0.25, 0.3) is 0 Å². The van der Waals surface area contributed by atoms with Crippen LogP contribution in [0.5, 0.6) is 11.5 Å². The molecular weight excluding hydrogens is 312 g/mol. The zero-order valence-electron chi connectivity index (χ0n) is 9.44. The Hall–Kier alpha value is -0.970. The summed E-state index contributed by atoms with van der Waals surface area (Å²) in [5, 5.41) is 0. The van der Waals surface area contributed by atoms with Crippen molar-refractivity contribution in [3.63, 3.8) is 0 Å². The van der Waals surface area contributed by atoms with Crippen LogP contribution in [0.1, 0.15) is 5.56 Å². The van der Waals surface area contributed by atoms with Crippen molar-refractivity contribution in [3.8, 4) is 11.5 Å². The number of hydrogen-bond acceptors (Lipinski definition) is 1. The number of aryl methyl sites for hydroxylation is 1. The van der Waals surface area contributed by atoms with E-state index in [0.29, 0.717) is 0 Å². The molecule has 0 fully saturated rings.